The van der Waals surface area contributed by atoms with Crippen molar-refractivity contribution >= 4 is 11.8 Å². The second-order valence-corrected chi connectivity index (χ2v) is 6.72. The highest BCUT2D eigenvalue weighted by Crippen LogP contribution is 2.22. The standard InChI is InChI=1S/C19H23FN4O3/c1-3-23(12-17-21-13(2)27-22-17)19(26)15-7-8-18(25)24(11-15)10-14-5-4-6-16(20)9-14/h4-6,9,15H,3,7-8,10-12H2,1-2H3/t15-/m1/s1. The van der Waals surface area contributed by atoms with Crippen LogP contribution < -0.4 is 0 Å². The zero-order valence-corrected chi connectivity index (χ0v) is 15.5. The number of benzene rings is 1. The van der Waals surface area contributed by atoms with Gasteiger partial charge in [-0.3, -0.25) is 9.59 Å². The highest BCUT2D eigenvalue weighted by molar-refractivity contribution is 5.83. The van der Waals surface area contributed by atoms with Crippen LogP contribution in [-0.4, -0.2) is 44.8 Å². The SMILES string of the molecule is CCN(Cc1noc(C)n1)C(=O)[C@@H]1CCC(=O)N(Cc2cccc(F)c2)C1. The molecule has 1 aliphatic heterocycles. The lowest BCUT2D eigenvalue weighted by atomic mass is 9.95. The molecule has 2 aromatic rings. The van der Waals surface area contributed by atoms with E-state index in [-0.39, 0.29) is 30.1 Å². The number of likely N-dealkylation sites (tertiary alicyclic amines) is 1. The average Bonchev–Trinajstić information content (AvgIpc) is 3.06. The third-order valence-electron chi connectivity index (χ3n) is 4.71. The van der Waals surface area contributed by atoms with Gasteiger partial charge in [0.25, 0.3) is 0 Å². The molecule has 144 valence electrons. The van der Waals surface area contributed by atoms with Crippen LogP contribution in [0.1, 0.15) is 37.0 Å². The zero-order valence-electron chi connectivity index (χ0n) is 15.5. The van der Waals surface area contributed by atoms with Gasteiger partial charge in [-0.15, -0.1) is 0 Å². The Morgan fingerprint density at radius 2 is 2.26 bits per heavy atom. The van der Waals surface area contributed by atoms with Gasteiger partial charge in [-0.1, -0.05) is 17.3 Å². The predicted molar refractivity (Wildman–Crippen MR) is 94.7 cm³/mol. The van der Waals surface area contributed by atoms with Crippen molar-refractivity contribution in [2.45, 2.75) is 39.8 Å². The van der Waals surface area contributed by atoms with E-state index in [0.29, 0.717) is 49.8 Å². The van der Waals surface area contributed by atoms with Crippen LogP contribution in [0.5, 0.6) is 0 Å². The summed E-state index contributed by atoms with van der Waals surface area (Å²) in [6, 6.07) is 6.18. The van der Waals surface area contributed by atoms with Gasteiger partial charge in [0.2, 0.25) is 17.7 Å². The summed E-state index contributed by atoms with van der Waals surface area (Å²) in [7, 11) is 0. The topological polar surface area (TPSA) is 79.5 Å². The molecule has 1 saturated heterocycles. The largest absolute Gasteiger partial charge is 0.340 e. The fourth-order valence-electron chi connectivity index (χ4n) is 3.30. The van der Waals surface area contributed by atoms with Gasteiger partial charge < -0.3 is 14.3 Å². The van der Waals surface area contributed by atoms with Gasteiger partial charge in [-0.05, 0) is 31.0 Å². The summed E-state index contributed by atoms with van der Waals surface area (Å²) in [6.07, 6.45) is 0.823. The number of amides is 2. The number of halogens is 1. The van der Waals surface area contributed by atoms with Crippen LogP contribution in [0.25, 0.3) is 0 Å². The van der Waals surface area contributed by atoms with E-state index >= 15 is 0 Å². The second-order valence-electron chi connectivity index (χ2n) is 6.72. The molecule has 2 heterocycles. The van der Waals surface area contributed by atoms with Gasteiger partial charge in [0.05, 0.1) is 12.5 Å². The second kappa shape index (κ2) is 8.28. The van der Waals surface area contributed by atoms with Crippen molar-refractivity contribution in [1.82, 2.24) is 19.9 Å². The molecule has 0 radical (unpaired) electrons. The third-order valence-corrected chi connectivity index (χ3v) is 4.71. The van der Waals surface area contributed by atoms with Crippen molar-refractivity contribution in [3.05, 3.63) is 47.4 Å². The van der Waals surface area contributed by atoms with Crippen molar-refractivity contribution in [2.75, 3.05) is 13.1 Å². The molecule has 1 fully saturated rings. The molecule has 2 amide bonds. The summed E-state index contributed by atoms with van der Waals surface area (Å²) in [6.45, 7) is 5.02. The number of carbonyl (C=O) groups is 2. The summed E-state index contributed by atoms with van der Waals surface area (Å²) in [5, 5.41) is 3.84. The molecular formula is C19H23FN4O3. The molecule has 1 aliphatic rings. The van der Waals surface area contributed by atoms with Gasteiger partial charge in [0.15, 0.2) is 5.82 Å². The predicted octanol–water partition coefficient (Wildman–Crippen LogP) is 2.30. The number of hydrogen-bond acceptors (Lipinski definition) is 5. The Labute approximate surface area is 157 Å². The first-order valence-corrected chi connectivity index (χ1v) is 9.06. The molecule has 7 nitrogen and oxygen atoms in total. The first kappa shape index (κ1) is 19.0. The normalized spacial score (nSPS) is 17.2. The lowest BCUT2D eigenvalue weighted by molar-refractivity contribution is -0.143. The molecule has 0 spiro atoms. The van der Waals surface area contributed by atoms with Crippen LogP contribution in [0.15, 0.2) is 28.8 Å². The molecule has 0 N–H and O–H groups in total. The summed E-state index contributed by atoms with van der Waals surface area (Å²) >= 11 is 0. The number of aryl methyl sites for hydroxylation is 1. The Kier molecular flexibility index (Phi) is 5.83. The van der Waals surface area contributed by atoms with E-state index in [1.807, 2.05) is 6.92 Å². The minimum atomic E-state index is -0.336. The van der Waals surface area contributed by atoms with Gasteiger partial charge in [0.1, 0.15) is 5.82 Å². The number of carbonyl (C=O) groups excluding carboxylic acids is 2. The lowest BCUT2D eigenvalue weighted by Crippen LogP contribution is -2.46. The Bertz CT molecular complexity index is 823. The first-order chi connectivity index (χ1) is 13.0. The Balaban J connectivity index is 1.66. The van der Waals surface area contributed by atoms with Crippen LogP contribution >= 0.6 is 0 Å². The van der Waals surface area contributed by atoms with Crippen LogP contribution in [-0.2, 0) is 22.7 Å². The fraction of sp³-hybridized carbons (Fsp3) is 0.474. The maximum Gasteiger partial charge on any atom is 0.227 e. The number of piperidine rings is 1. The number of hydrogen-bond donors (Lipinski definition) is 0. The quantitative estimate of drug-likeness (QED) is 0.775. The van der Waals surface area contributed by atoms with E-state index in [9.17, 15) is 14.0 Å². The molecule has 27 heavy (non-hydrogen) atoms. The molecule has 1 atom stereocenters. The van der Waals surface area contributed by atoms with Gasteiger partial charge in [-0.25, -0.2) is 4.39 Å². The zero-order chi connectivity index (χ0) is 19.4. The number of nitrogens with zero attached hydrogens (tertiary/aromatic N) is 4. The number of aromatic nitrogens is 2. The Morgan fingerprint density at radius 1 is 1.44 bits per heavy atom. The van der Waals surface area contributed by atoms with Crippen molar-refractivity contribution < 1.29 is 18.5 Å². The minimum Gasteiger partial charge on any atom is -0.340 e. The molecule has 1 aromatic carbocycles. The monoisotopic (exact) mass is 374 g/mol. The van der Waals surface area contributed by atoms with E-state index in [2.05, 4.69) is 10.1 Å². The van der Waals surface area contributed by atoms with Crippen molar-refractivity contribution in [2.24, 2.45) is 5.92 Å². The highest BCUT2D eigenvalue weighted by atomic mass is 19.1. The summed E-state index contributed by atoms with van der Waals surface area (Å²) in [5.74, 6) is 0.252. The Hall–Kier alpha value is -2.77. The lowest BCUT2D eigenvalue weighted by Gasteiger charge is -2.34. The van der Waals surface area contributed by atoms with Crippen LogP contribution in [0.4, 0.5) is 4.39 Å². The van der Waals surface area contributed by atoms with Gasteiger partial charge in [0, 0.05) is 33.0 Å². The molecule has 0 aliphatic carbocycles. The Morgan fingerprint density at radius 3 is 2.93 bits per heavy atom. The van der Waals surface area contributed by atoms with Crippen molar-refractivity contribution in [3.8, 4) is 0 Å². The average molecular weight is 374 g/mol. The third kappa shape index (κ3) is 4.69. The van der Waals surface area contributed by atoms with E-state index in [0.717, 1.165) is 0 Å². The molecular weight excluding hydrogens is 351 g/mol. The maximum atomic E-state index is 13.4. The first-order valence-electron chi connectivity index (χ1n) is 9.06. The minimum absolute atomic E-state index is 0.0137. The van der Waals surface area contributed by atoms with Gasteiger partial charge in [-0.2, -0.15) is 4.98 Å². The van der Waals surface area contributed by atoms with E-state index < -0.39 is 0 Å². The number of rotatable bonds is 6. The van der Waals surface area contributed by atoms with Crippen LogP contribution in [0, 0.1) is 18.7 Å². The van der Waals surface area contributed by atoms with Crippen LogP contribution in [0.2, 0.25) is 0 Å². The van der Waals surface area contributed by atoms with E-state index in [1.54, 1.807) is 28.9 Å². The molecule has 8 heteroatoms. The molecule has 0 unspecified atom stereocenters. The summed E-state index contributed by atoms with van der Waals surface area (Å²) < 4.78 is 18.4. The molecule has 1 aromatic heterocycles. The maximum absolute atomic E-state index is 13.4. The van der Waals surface area contributed by atoms with Crippen molar-refractivity contribution in [3.63, 3.8) is 0 Å². The van der Waals surface area contributed by atoms with Gasteiger partial charge >= 0.3 is 0 Å². The van der Waals surface area contributed by atoms with E-state index in [4.69, 9.17) is 4.52 Å². The summed E-state index contributed by atoms with van der Waals surface area (Å²) in [4.78, 5) is 32.7. The molecule has 0 saturated carbocycles. The summed E-state index contributed by atoms with van der Waals surface area (Å²) in [5.41, 5.74) is 0.714. The van der Waals surface area contributed by atoms with E-state index in [1.165, 1.54) is 12.1 Å². The molecule has 3 rings (SSSR count). The van der Waals surface area contributed by atoms with Crippen molar-refractivity contribution in [1.29, 1.82) is 0 Å². The highest BCUT2D eigenvalue weighted by Gasteiger charge is 2.32. The fourth-order valence-corrected chi connectivity index (χ4v) is 3.30. The molecule has 0 bridgehead atoms. The van der Waals surface area contributed by atoms with Crippen LogP contribution in [0.3, 0.4) is 0 Å². The smallest absolute Gasteiger partial charge is 0.227 e.